The molecule has 0 amide bonds. The summed E-state index contributed by atoms with van der Waals surface area (Å²) in [6.45, 7) is 3.21. The Bertz CT molecular complexity index is 653. The van der Waals surface area contributed by atoms with Gasteiger partial charge < -0.3 is 4.74 Å². The second-order valence-electron chi connectivity index (χ2n) is 4.83. The quantitative estimate of drug-likeness (QED) is 0.851. The van der Waals surface area contributed by atoms with E-state index in [4.69, 9.17) is 21.6 Å². The summed E-state index contributed by atoms with van der Waals surface area (Å²) >= 11 is 5.82. The molecule has 1 saturated heterocycles. The molecular formula is C14H17ClN2O3S. The minimum atomic E-state index is -3.70. The van der Waals surface area contributed by atoms with Crippen LogP contribution in [0.3, 0.4) is 0 Å². The zero-order chi connectivity index (χ0) is 15.5. The third kappa shape index (κ3) is 3.55. The molecule has 21 heavy (non-hydrogen) atoms. The summed E-state index contributed by atoms with van der Waals surface area (Å²) in [5.41, 5.74) is 0.0704. The molecule has 1 unspecified atom stereocenters. The number of nitrogens with zero attached hydrogens (tertiary/aromatic N) is 2. The van der Waals surface area contributed by atoms with Crippen molar-refractivity contribution in [2.45, 2.75) is 30.8 Å². The van der Waals surface area contributed by atoms with E-state index in [1.54, 1.807) is 0 Å². The molecule has 1 aliphatic rings. The molecule has 0 spiro atoms. The molecule has 0 bridgehead atoms. The van der Waals surface area contributed by atoms with Crippen LogP contribution in [-0.2, 0) is 14.8 Å². The molecule has 1 aliphatic heterocycles. The fourth-order valence-corrected chi connectivity index (χ4v) is 4.25. The maximum absolute atomic E-state index is 12.7. The van der Waals surface area contributed by atoms with Gasteiger partial charge in [-0.15, -0.1) is 0 Å². The Morgan fingerprint density at radius 1 is 1.52 bits per heavy atom. The van der Waals surface area contributed by atoms with Gasteiger partial charge in [0.1, 0.15) is 11.0 Å². The maximum atomic E-state index is 12.7. The number of rotatable bonds is 4. The number of hydrogen-bond acceptors (Lipinski definition) is 4. The second kappa shape index (κ2) is 6.75. The highest BCUT2D eigenvalue weighted by Gasteiger charge is 2.32. The summed E-state index contributed by atoms with van der Waals surface area (Å²) in [4.78, 5) is 0.00606. The highest BCUT2D eigenvalue weighted by molar-refractivity contribution is 7.89. The van der Waals surface area contributed by atoms with Gasteiger partial charge in [-0.05, 0) is 38.0 Å². The number of nitriles is 1. The monoisotopic (exact) mass is 328 g/mol. The van der Waals surface area contributed by atoms with Gasteiger partial charge in [-0.1, -0.05) is 11.6 Å². The number of halogens is 1. The van der Waals surface area contributed by atoms with Crippen molar-refractivity contribution in [2.75, 3.05) is 19.7 Å². The molecule has 1 aromatic carbocycles. The SMILES string of the molecule is CCOC1CCCN(S(=O)(=O)c2ccc(Cl)cc2C#N)C1. The number of ether oxygens (including phenoxy) is 1. The van der Waals surface area contributed by atoms with Crippen LogP contribution in [0.4, 0.5) is 0 Å². The van der Waals surface area contributed by atoms with Crippen LogP contribution in [0.15, 0.2) is 23.1 Å². The fraction of sp³-hybridized carbons (Fsp3) is 0.500. The van der Waals surface area contributed by atoms with Crippen molar-refractivity contribution in [1.82, 2.24) is 4.31 Å². The van der Waals surface area contributed by atoms with E-state index in [0.717, 1.165) is 12.8 Å². The molecule has 0 N–H and O–H groups in total. The minimum Gasteiger partial charge on any atom is -0.377 e. The Kier molecular flexibility index (Phi) is 5.22. The largest absolute Gasteiger partial charge is 0.377 e. The zero-order valence-electron chi connectivity index (χ0n) is 11.8. The number of piperidine rings is 1. The van der Waals surface area contributed by atoms with Crippen LogP contribution < -0.4 is 0 Å². The summed E-state index contributed by atoms with van der Waals surface area (Å²) in [5, 5.41) is 9.47. The van der Waals surface area contributed by atoms with E-state index in [1.807, 2.05) is 13.0 Å². The van der Waals surface area contributed by atoms with Crippen molar-refractivity contribution >= 4 is 21.6 Å². The van der Waals surface area contributed by atoms with Gasteiger partial charge in [-0.2, -0.15) is 9.57 Å². The summed E-state index contributed by atoms with van der Waals surface area (Å²) in [5.74, 6) is 0. The average molecular weight is 329 g/mol. The average Bonchev–Trinajstić information content (AvgIpc) is 2.47. The molecular weight excluding hydrogens is 312 g/mol. The highest BCUT2D eigenvalue weighted by atomic mass is 35.5. The van der Waals surface area contributed by atoms with Crippen LogP contribution in [0.2, 0.25) is 5.02 Å². The Labute approximate surface area is 130 Å². The first-order valence-corrected chi connectivity index (χ1v) is 8.62. The lowest BCUT2D eigenvalue weighted by atomic mass is 10.1. The Hall–Kier alpha value is -1.13. The van der Waals surface area contributed by atoms with E-state index < -0.39 is 10.0 Å². The predicted octanol–water partition coefficient (Wildman–Crippen LogP) is 2.40. The van der Waals surface area contributed by atoms with E-state index in [2.05, 4.69) is 0 Å². The number of sulfonamides is 1. The summed E-state index contributed by atoms with van der Waals surface area (Å²) in [6.07, 6.45) is 1.52. The van der Waals surface area contributed by atoms with Crippen LogP contribution in [0, 0.1) is 11.3 Å². The summed E-state index contributed by atoms with van der Waals surface area (Å²) in [7, 11) is -3.70. The van der Waals surface area contributed by atoms with Gasteiger partial charge in [0, 0.05) is 24.7 Å². The summed E-state index contributed by atoms with van der Waals surface area (Å²) in [6, 6.07) is 6.14. The molecule has 0 aliphatic carbocycles. The molecule has 114 valence electrons. The van der Waals surface area contributed by atoms with E-state index in [-0.39, 0.29) is 16.6 Å². The van der Waals surface area contributed by atoms with E-state index >= 15 is 0 Å². The molecule has 1 fully saturated rings. The van der Waals surface area contributed by atoms with E-state index in [9.17, 15) is 8.42 Å². The molecule has 0 radical (unpaired) electrons. The van der Waals surface area contributed by atoms with Crippen molar-refractivity contribution in [3.8, 4) is 6.07 Å². The van der Waals surface area contributed by atoms with Gasteiger partial charge >= 0.3 is 0 Å². The van der Waals surface area contributed by atoms with E-state index in [1.165, 1.54) is 22.5 Å². The smallest absolute Gasteiger partial charge is 0.244 e. The van der Waals surface area contributed by atoms with Crippen LogP contribution in [0.1, 0.15) is 25.3 Å². The first-order valence-electron chi connectivity index (χ1n) is 6.80. The lowest BCUT2D eigenvalue weighted by Crippen LogP contribution is -2.43. The van der Waals surface area contributed by atoms with Gasteiger partial charge in [-0.3, -0.25) is 0 Å². The van der Waals surface area contributed by atoms with Crippen molar-refractivity contribution in [1.29, 1.82) is 5.26 Å². The van der Waals surface area contributed by atoms with Crippen LogP contribution in [-0.4, -0.2) is 38.5 Å². The molecule has 1 heterocycles. The topological polar surface area (TPSA) is 70.4 Å². The van der Waals surface area contributed by atoms with Crippen LogP contribution in [0.5, 0.6) is 0 Å². The first kappa shape index (κ1) is 16.2. The fourth-order valence-electron chi connectivity index (χ4n) is 2.45. The highest BCUT2D eigenvalue weighted by Crippen LogP contribution is 2.26. The minimum absolute atomic E-state index is 0.00606. The van der Waals surface area contributed by atoms with Gasteiger partial charge in [0.15, 0.2) is 0 Å². The van der Waals surface area contributed by atoms with Crippen molar-refractivity contribution in [3.63, 3.8) is 0 Å². The second-order valence-corrected chi connectivity index (χ2v) is 7.18. The molecule has 0 aromatic heterocycles. The number of hydrogen-bond donors (Lipinski definition) is 0. The van der Waals surface area contributed by atoms with Crippen molar-refractivity contribution in [3.05, 3.63) is 28.8 Å². The van der Waals surface area contributed by atoms with Crippen LogP contribution >= 0.6 is 11.6 Å². The van der Waals surface area contributed by atoms with Gasteiger partial charge in [0.05, 0.1) is 11.7 Å². The molecule has 1 atom stereocenters. The van der Waals surface area contributed by atoms with Crippen molar-refractivity contribution < 1.29 is 13.2 Å². The molecule has 7 heteroatoms. The lowest BCUT2D eigenvalue weighted by Gasteiger charge is -2.31. The van der Waals surface area contributed by atoms with Crippen molar-refractivity contribution in [2.24, 2.45) is 0 Å². The lowest BCUT2D eigenvalue weighted by molar-refractivity contribution is 0.0265. The number of benzene rings is 1. The Balaban J connectivity index is 2.32. The first-order chi connectivity index (χ1) is 9.98. The molecule has 1 aromatic rings. The van der Waals surface area contributed by atoms with Gasteiger partial charge in [0.2, 0.25) is 10.0 Å². The normalized spacial score (nSPS) is 20.1. The molecule has 5 nitrogen and oxygen atoms in total. The zero-order valence-corrected chi connectivity index (χ0v) is 13.3. The molecule has 2 rings (SSSR count). The Morgan fingerprint density at radius 2 is 2.29 bits per heavy atom. The van der Waals surface area contributed by atoms with Gasteiger partial charge in [-0.25, -0.2) is 8.42 Å². The third-order valence-electron chi connectivity index (χ3n) is 3.42. The maximum Gasteiger partial charge on any atom is 0.244 e. The van der Waals surface area contributed by atoms with Crippen LogP contribution in [0.25, 0.3) is 0 Å². The standard InChI is InChI=1S/C14H17ClN2O3S/c1-2-20-13-4-3-7-17(10-13)21(18,19)14-6-5-12(15)8-11(14)9-16/h5-6,8,13H,2-4,7,10H2,1H3. The summed E-state index contributed by atoms with van der Waals surface area (Å²) < 4.78 is 32.3. The molecule has 0 saturated carbocycles. The third-order valence-corrected chi connectivity index (χ3v) is 5.58. The van der Waals surface area contributed by atoms with E-state index in [0.29, 0.717) is 24.7 Å². The Morgan fingerprint density at radius 3 is 2.95 bits per heavy atom. The van der Waals surface area contributed by atoms with Gasteiger partial charge in [0.25, 0.3) is 0 Å². The predicted molar refractivity (Wildman–Crippen MR) is 79.6 cm³/mol.